The summed E-state index contributed by atoms with van der Waals surface area (Å²) >= 11 is 0. The molecule has 1 saturated carbocycles. The first-order chi connectivity index (χ1) is 7.60. The highest BCUT2D eigenvalue weighted by atomic mass is 35.5. The third-order valence-corrected chi connectivity index (χ3v) is 3.70. The first-order valence-corrected chi connectivity index (χ1v) is 6.19. The molecule has 0 spiro atoms. The molecule has 0 aromatic heterocycles. The quantitative estimate of drug-likeness (QED) is 0.780. The number of likely N-dealkylation sites (N-methyl/N-ethyl adjacent to an activating group) is 1. The number of hydrogen-bond donors (Lipinski definition) is 2. The van der Waals surface area contributed by atoms with Crippen LogP contribution in [0.15, 0.2) is 0 Å². The van der Waals surface area contributed by atoms with Gasteiger partial charge in [0.25, 0.3) is 0 Å². The molecule has 0 radical (unpaired) electrons. The molecule has 0 atom stereocenters. The maximum absolute atomic E-state index is 11.6. The SMILES string of the molecule is CNCCC(=O)NCC1(N(C)C)CCCC1.Cl.Cl. The standard InChI is InChI=1S/C12H25N3O.2ClH/c1-13-9-6-11(16)14-10-12(15(2)3)7-4-5-8-12;;/h13H,4-10H2,1-3H3,(H,14,16);2*1H. The molecule has 6 heteroatoms. The van der Waals surface area contributed by atoms with Crippen molar-refractivity contribution in [3.63, 3.8) is 0 Å². The fourth-order valence-corrected chi connectivity index (χ4v) is 2.41. The van der Waals surface area contributed by atoms with Gasteiger partial charge in [-0.05, 0) is 34.0 Å². The predicted molar refractivity (Wildman–Crippen MR) is 80.9 cm³/mol. The zero-order chi connectivity index (χ0) is 12.0. The van der Waals surface area contributed by atoms with E-state index < -0.39 is 0 Å². The Hall–Kier alpha value is -0.0300. The van der Waals surface area contributed by atoms with Crippen LogP contribution in [0, 0.1) is 0 Å². The highest BCUT2D eigenvalue weighted by Gasteiger charge is 2.35. The molecule has 4 nitrogen and oxygen atoms in total. The first kappa shape index (κ1) is 20.3. The number of nitrogens with zero attached hydrogens (tertiary/aromatic N) is 1. The Morgan fingerprint density at radius 3 is 2.22 bits per heavy atom. The normalized spacial score (nSPS) is 16.9. The third kappa shape index (κ3) is 5.74. The van der Waals surface area contributed by atoms with Crippen molar-refractivity contribution in [2.45, 2.75) is 37.6 Å². The van der Waals surface area contributed by atoms with Crippen LogP contribution < -0.4 is 10.6 Å². The van der Waals surface area contributed by atoms with Crippen LogP contribution >= 0.6 is 24.8 Å². The average Bonchev–Trinajstić information content (AvgIpc) is 2.73. The Morgan fingerprint density at radius 1 is 1.22 bits per heavy atom. The number of carbonyl (C=O) groups excluding carboxylic acids is 1. The van der Waals surface area contributed by atoms with Crippen molar-refractivity contribution in [1.82, 2.24) is 15.5 Å². The molecule has 0 unspecified atom stereocenters. The van der Waals surface area contributed by atoms with Gasteiger partial charge in [0.15, 0.2) is 0 Å². The van der Waals surface area contributed by atoms with Gasteiger partial charge in [-0.1, -0.05) is 12.8 Å². The van der Waals surface area contributed by atoms with Gasteiger partial charge < -0.3 is 15.5 Å². The Kier molecular flexibility index (Phi) is 11.1. The van der Waals surface area contributed by atoms with E-state index in [0.717, 1.165) is 13.1 Å². The van der Waals surface area contributed by atoms with Crippen LogP contribution in [-0.4, -0.2) is 50.6 Å². The van der Waals surface area contributed by atoms with Gasteiger partial charge in [-0.25, -0.2) is 0 Å². The van der Waals surface area contributed by atoms with E-state index in [2.05, 4.69) is 29.6 Å². The number of amides is 1. The van der Waals surface area contributed by atoms with Crippen LogP contribution in [-0.2, 0) is 4.79 Å². The van der Waals surface area contributed by atoms with Gasteiger partial charge >= 0.3 is 0 Å². The highest BCUT2D eigenvalue weighted by Crippen LogP contribution is 2.32. The molecular weight excluding hydrogens is 273 g/mol. The van der Waals surface area contributed by atoms with Crippen molar-refractivity contribution in [1.29, 1.82) is 0 Å². The summed E-state index contributed by atoms with van der Waals surface area (Å²) in [6, 6.07) is 0. The lowest BCUT2D eigenvalue weighted by Crippen LogP contribution is -2.51. The van der Waals surface area contributed by atoms with Crippen molar-refractivity contribution in [3.05, 3.63) is 0 Å². The minimum atomic E-state index is 0. The molecule has 1 aliphatic carbocycles. The van der Waals surface area contributed by atoms with E-state index in [0.29, 0.717) is 6.42 Å². The monoisotopic (exact) mass is 299 g/mol. The number of carbonyl (C=O) groups is 1. The molecule has 0 aromatic rings. The summed E-state index contributed by atoms with van der Waals surface area (Å²) in [6.07, 6.45) is 5.54. The zero-order valence-corrected chi connectivity index (χ0v) is 13.3. The maximum Gasteiger partial charge on any atom is 0.221 e. The Bertz CT molecular complexity index is 231. The van der Waals surface area contributed by atoms with Crippen molar-refractivity contribution in [2.24, 2.45) is 0 Å². The topological polar surface area (TPSA) is 44.4 Å². The van der Waals surface area contributed by atoms with Gasteiger partial charge in [-0.15, -0.1) is 24.8 Å². The minimum Gasteiger partial charge on any atom is -0.354 e. The van der Waals surface area contributed by atoms with Crippen LogP contribution in [0.25, 0.3) is 0 Å². The van der Waals surface area contributed by atoms with E-state index in [1.54, 1.807) is 0 Å². The Morgan fingerprint density at radius 2 is 1.78 bits per heavy atom. The number of nitrogens with one attached hydrogen (secondary N) is 2. The molecule has 2 N–H and O–H groups in total. The van der Waals surface area contributed by atoms with E-state index in [1.165, 1.54) is 25.7 Å². The fourth-order valence-electron chi connectivity index (χ4n) is 2.41. The molecular formula is C12H27Cl2N3O. The Labute approximate surface area is 123 Å². The number of rotatable bonds is 6. The fraction of sp³-hybridized carbons (Fsp3) is 0.917. The largest absolute Gasteiger partial charge is 0.354 e. The molecule has 0 bridgehead atoms. The van der Waals surface area contributed by atoms with E-state index in [-0.39, 0.29) is 36.3 Å². The number of hydrogen-bond acceptors (Lipinski definition) is 3. The molecule has 1 amide bonds. The predicted octanol–water partition coefficient (Wildman–Crippen LogP) is 1.43. The van der Waals surface area contributed by atoms with E-state index in [1.807, 2.05) is 7.05 Å². The van der Waals surface area contributed by atoms with E-state index >= 15 is 0 Å². The second-order valence-corrected chi connectivity index (χ2v) is 4.96. The molecule has 18 heavy (non-hydrogen) atoms. The Balaban J connectivity index is 0. The van der Waals surface area contributed by atoms with Crippen LogP contribution in [0.4, 0.5) is 0 Å². The molecule has 1 rings (SSSR count). The maximum atomic E-state index is 11.6. The molecule has 0 aliphatic heterocycles. The molecule has 1 fully saturated rings. The summed E-state index contributed by atoms with van der Waals surface area (Å²) in [5, 5.41) is 6.05. The highest BCUT2D eigenvalue weighted by molar-refractivity contribution is 5.85. The van der Waals surface area contributed by atoms with Crippen LogP contribution in [0.2, 0.25) is 0 Å². The van der Waals surface area contributed by atoms with Crippen LogP contribution in [0.3, 0.4) is 0 Å². The molecule has 110 valence electrons. The summed E-state index contributed by atoms with van der Waals surface area (Å²) in [7, 11) is 6.10. The lowest BCUT2D eigenvalue weighted by atomic mass is 9.96. The van der Waals surface area contributed by atoms with Gasteiger partial charge in [-0.2, -0.15) is 0 Å². The average molecular weight is 300 g/mol. The molecule has 0 aromatic carbocycles. The van der Waals surface area contributed by atoms with Crippen LogP contribution in [0.1, 0.15) is 32.1 Å². The van der Waals surface area contributed by atoms with Gasteiger partial charge in [0.1, 0.15) is 0 Å². The molecule has 0 saturated heterocycles. The zero-order valence-electron chi connectivity index (χ0n) is 11.6. The van der Waals surface area contributed by atoms with Crippen LogP contribution in [0.5, 0.6) is 0 Å². The van der Waals surface area contributed by atoms with Gasteiger partial charge in [0.05, 0.1) is 0 Å². The van der Waals surface area contributed by atoms with Crippen molar-refractivity contribution in [3.8, 4) is 0 Å². The smallest absolute Gasteiger partial charge is 0.221 e. The molecule has 0 heterocycles. The van der Waals surface area contributed by atoms with Crippen molar-refractivity contribution < 1.29 is 4.79 Å². The van der Waals surface area contributed by atoms with Crippen molar-refractivity contribution >= 4 is 30.7 Å². The summed E-state index contributed by atoms with van der Waals surface area (Å²) < 4.78 is 0. The first-order valence-electron chi connectivity index (χ1n) is 6.19. The lowest BCUT2D eigenvalue weighted by molar-refractivity contribution is -0.121. The van der Waals surface area contributed by atoms with Gasteiger partial charge in [0, 0.05) is 25.0 Å². The minimum absolute atomic E-state index is 0. The van der Waals surface area contributed by atoms with E-state index in [4.69, 9.17) is 0 Å². The summed E-state index contributed by atoms with van der Waals surface area (Å²) in [4.78, 5) is 13.8. The van der Waals surface area contributed by atoms with Gasteiger partial charge in [-0.3, -0.25) is 4.79 Å². The molecule has 1 aliphatic rings. The summed E-state index contributed by atoms with van der Waals surface area (Å²) in [5.41, 5.74) is 0.204. The second kappa shape index (κ2) is 9.84. The number of halogens is 2. The summed E-state index contributed by atoms with van der Waals surface area (Å²) in [5.74, 6) is 0.155. The third-order valence-electron chi connectivity index (χ3n) is 3.70. The lowest BCUT2D eigenvalue weighted by Gasteiger charge is -2.36. The van der Waals surface area contributed by atoms with E-state index in [9.17, 15) is 4.79 Å². The summed E-state index contributed by atoms with van der Waals surface area (Å²) in [6.45, 7) is 1.54. The van der Waals surface area contributed by atoms with Gasteiger partial charge in [0.2, 0.25) is 5.91 Å². The van der Waals surface area contributed by atoms with Crippen molar-refractivity contribution in [2.75, 3.05) is 34.2 Å². The second-order valence-electron chi connectivity index (χ2n) is 4.96.